The standard InChI is InChI=1S/C14H18O3/c1-13(2,12(15)17-3)14(16)9-8-10-6-4-5-7-11(10)14/h4-7,16H,8-9H2,1-3H3. The number of carbonyl (C=O) groups is 1. The number of ether oxygens (including phenoxy) is 1. The Labute approximate surface area is 101 Å². The average molecular weight is 234 g/mol. The lowest BCUT2D eigenvalue weighted by Crippen LogP contribution is -2.46. The molecule has 0 saturated carbocycles. The maximum atomic E-state index is 11.9. The summed E-state index contributed by atoms with van der Waals surface area (Å²) in [6, 6.07) is 7.74. The van der Waals surface area contributed by atoms with Crippen LogP contribution in [0.15, 0.2) is 24.3 Å². The second-order valence-electron chi connectivity index (χ2n) is 5.13. The largest absolute Gasteiger partial charge is 0.469 e. The van der Waals surface area contributed by atoms with E-state index in [0.29, 0.717) is 6.42 Å². The predicted octanol–water partition coefficient (Wildman–Crippen LogP) is 2.02. The van der Waals surface area contributed by atoms with Crippen molar-refractivity contribution in [2.24, 2.45) is 5.41 Å². The minimum absolute atomic E-state index is 0.378. The summed E-state index contributed by atoms with van der Waals surface area (Å²) < 4.78 is 4.81. The fraction of sp³-hybridized carbons (Fsp3) is 0.500. The van der Waals surface area contributed by atoms with E-state index in [-0.39, 0.29) is 5.97 Å². The van der Waals surface area contributed by atoms with Crippen molar-refractivity contribution < 1.29 is 14.6 Å². The van der Waals surface area contributed by atoms with Crippen molar-refractivity contribution in [1.29, 1.82) is 0 Å². The van der Waals surface area contributed by atoms with Gasteiger partial charge >= 0.3 is 5.97 Å². The lowest BCUT2D eigenvalue weighted by atomic mass is 9.71. The van der Waals surface area contributed by atoms with Gasteiger partial charge in [-0.05, 0) is 37.8 Å². The molecule has 0 aliphatic heterocycles. The van der Waals surface area contributed by atoms with Gasteiger partial charge in [0.05, 0.1) is 12.5 Å². The van der Waals surface area contributed by atoms with E-state index in [4.69, 9.17) is 4.74 Å². The molecular weight excluding hydrogens is 216 g/mol. The highest BCUT2D eigenvalue weighted by molar-refractivity contribution is 5.78. The van der Waals surface area contributed by atoms with Gasteiger partial charge in [0.25, 0.3) is 0 Å². The van der Waals surface area contributed by atoms with Crippen LogP contribution >= 0.6 is 0 Å². The summed E-state index contributed by atoms with van der Waals surface area (Å²) in [5.41, 5.74) is -0.0900. The van der Waals surface area contributed by atoms with Gasteiger partial charge in [-0.2, -0.15) is 0 Å². The van der Waals surface area contributed by atoms with Gasteiger partial charge in [0.2, 0.25) is 0 Å². The number of rotatable bonds is 2. The Bertz CT molecular complexity index is 451. The molecule has 2 rings (SSSR count). The van der Waals surface area contributed by atoms with E-state index in [1.54, 1.807) is 13.8 Å². The third-order valence-electron chi connectivity index (χ3n) is 3.95. The molecule has 0 radical (unpaired) electrons. The Morgan fingerprint density at radius 3 is 2.71 bits per heavy atom. The number of hydrogen-bond acceptors (Lipinski definition) is 3. The van der Waals surface area contributed by atoms with Crippen LogP contribution in [0.2, 0.25) is 0 Å². The topological polar surface area (TPSA) is 46.5 Å². The third-order valence-corrected chi connectivity index (χ3v) is 3.95. The highest BCUT2D eigenvalue weighted by Crippen LogP contribution is 2.49. The van der Waals surface area contributed by atoms with Crippen LogP contribution in [-0.4, -0.2) is 18.2 Å². The van der Waals surface area contributed by atoms with Crippen molar-refractivity contribution in [2.75, 3.05) is 7.11 Å². The Morgan fingerprint density at radius 1 is 1.41 bits per heavy atom. The molecule has 0 spiro atoms. The molecule has 1 atom stereocenters. The number of carbonyl (C=O) groups excluding carboxylic acids is 1. The smallest absolute Gasteiger partial charge is 0.314 e. The zero-order valence-electron chi connectivity index (χ0n) is 10.5. The first-order valence-electron chi connectivity index (χ1n) is 5.82. The summed E-state index contributed by atoms with van der Waals surface area (Å²) in [6.07, 6.45) is 1.36. The number of aliphatic hydroxyl groups is 1. The molecule has 0 bridgehead atoms. The van der Waals surface area contributed by atoms with Gasteiger partial charge in [0.15, 0.2) is 0 Å². The van der Waals surface area contributed by atoms with Gasteiger partial charge in [-0.3, -0.25) is 4.79 Å². The molecular formula is C14H18O3. The van der Waals surface area contributed by atoms with E-state index in [1.807, 2.05) is 24.3 Å². The van der Waals surface area contributed by atoms with Crippen molar-refractivity contribution in [3.05, 3.63) is 35.4 Å². The molecule has 0 amide bonds. The van der Waals surface area contributed by atoms with Crippen LogP contribution in [0.3, 0.4) is 0 Å². The monoisotopic (exact) mass is 234 g/mol. The van der Waals surface area contributed by atoms with E-state index in [0.717, 1.165) is 17.5 Å². The van der Waals surface area contributed by atoms with E-state index in [9.17, 15) is 9.90 Å². The predicted molar refractivity (Wildman–Crippen MR) is 64.5 cm³/mol. The lowest BCUT2D eigenvalue weighted by Gasteiger charge is -2.38. The first kappa shape index (κ1) is 12.1. The summed E-state index contributed by atoms with van der Waals surface area (Å²) in [6.45, 7) is 3.47. The summed E-state index contributed by atoms with van der Waals surface area (Å²) in [5.74, 6) is -0.378. The molecule has 0 fully saturated rings. The van der Waals surface area contributed by atoms with Gasteiger partial charge in [-0.25, -0.2) is 0 Å². The SMILES string of the molecule is COC(=O)C(C)(C)C1(O)CCc2ccccc21. The number of fused-ring (bicyclic) bond motifs is 1. The van der Waals surface area contributed by atoms with E-state index < -0.39 is 11.0 Å². The van der Waals surface area contributed by atoms with Crippen molar-refractivity contribution in [2.45, 2.75) is 32.3 Å². The Balaban J connectivity index is 2.49. The molecule has 1 aliphatic rings. The van der Waals surface area contributed by atoms with E-state index >= 15 is 0 Å². The van der Waals surface area contributed by atoms with Crippen LogP contribution < -0.4 is 0 Å². The molecule has 0 aromatic heterocycles. The summed E-state index contributed by atoms with van der Waals surface area (Å²) in [4.78, 5) is 11.9. The average Bonchev–Trinajstić information content (AvgIpc) is 2.68. The quantitative estimate of drug-likeness (QED) is 0.796. The molecule has 3 nitrogen and oxygen atoms in total. The normalized spacial score (nSPS) is 23.3. The summed E-state index contributed by atoms with van der Waals surface area (Å²) >= 11 is 0. The zero-order chi connectivity index (χ0) is 12.7. The fourth-order valence-corrected chi connectivity index (χ4v) is 2.67. The molecule has 3 heteroatoms. The Morgan fingerprint density at radius 2 is 2.06 bits per heavy atom. The maximum absolute atomic E-state index is 11.9. The summed E-state index contributed by atoms with van der Waals surface area (Å²) in [7, 11) is 1.36. The van der Waals surface area contributed by atoms with Crippen molar-refractivity contribution in [3.63, 3.8) is 0 Å². The highest BCUT2D eigenvalue weighted by atomic mass is 16.5. The first-order chi connectivity index (χ1) is 7.93. The van der Waals surface area contributed by atoms with Gasteiger partial charge in [0.1, 0.15) is 5.60 Å². The Hall–Kier alpha value is -1.35. The zero-order valence-corrected chi connectivity index (χ0v) is 10.5. The number of esters is 1. The Kier molecular flexibility index (Phi) is 2.74. The fourth-order valence-electron chi connectivity index (χ4n) is 2.67. The molecule has 1 aromatic rings. The summed E-state index contributed by atoms with van der Waals surface area (Å²) in [5, 5.41) is 10.9. The maximum Gasteiger partial charge on any atom is 0.314 e. The molecule has 17 heavy (non-hydrogen) atoms. The van der Waals surface area contributed by atoms with Crippen molar-refractivity contribution in [1.82, 2.24) is 0 Å². The van der Waals surface area contributed by atoms with Crippen LogP contribution in [0.25, 0.3) is 0 Å². The van der Waals surface area contributed by atoms with E-state index in [2.05, 4.69) is 0 Å². The number of hydrogen-bond donors (Lipinski definition) is 1. The molecule has 1 aromatic carbocycles. The van der Waals surface area contributed by atoms with Crippen LogP contribution in [0.5, 0.6) is 0 Å². The van der Waals surface area contributed by atoms with Crippen LogP contribution in [0, 0.1) is 5.41 Å². The van der Waals surface area contributed by atoms with E-state index in [1.165, 1.54) is 7.11 Å². The number of aryl methyl sites for hydroxylation is 1. The molecule has 1 N–H and O–H groups in total. The van der Waals surface area contributed by atoms with Gasteiger partial charge in [-0.15, -0.1) is 0 Å². The minimum Gasteiger partial charge on any atom is -0.469 e. The molecule has 0 heterocycles. The van der Waals surface area contributed by atoms with Gasteiger partial charge in [0, 0.05) is 0 Å². The van der Waals surface area contributed by atoms with Gasteiger partial charge in [-0.1, -0.05) is 24.3 Å². The second-order valence-corrected chi connectivity index (χ2v) is 5.13. The third kappa shape index (κ3) is 1.57. The molecule has 1 unspecified atom stereocenters. The van der Waals surface area contributed by atoms with Gasteiger partial charge < -0.3 is 9.84 Å². The first-order valence-corrected chi connectivity index (χ1v) is 5.82. The molecule has 92 valence electrons. The number of benzene rings is 1. The van der Waals surface area contributed by atoms with Crippen molar-refractivity contribution >= 4 is 5.97 Å². The minimum atomic E-state index is -1.13. The van der Waals surface area contributed by atoms with Crippen molar-refractivity contribution in [3.8, 4) is 0 Å². The number of methoxy groups -OCH3 is 1. The molecule has 0 saturated heterocycles. The lowest BCUT2D eigenvalue weighted by molar-refractivity contribution is -0.170. The molecule has 1 aliphatic carbocycles. The van der Waals surface area contributed by atoms with Crippen LogP contribution in [-0.2, 0) is 21.6 Å². The van der Waals surface area contributed by atoms with Crippen LogP contribution in [0.4, 0.5) is 0 Å². The second kappa shape index (κ2) is 3.84. The highest BCUT2D eigenvalue weighted by Gasteiger charge is 2.53. The van der Waals surface area contributed by atoms with Crippen LogP contribution in [0.1, 0.15) is 31.4 Å².